The number of thioether (sulfide) groups is 1. The Morgan fingerprint density at radius 2 is 1.79 bits per heavy atom. The normalized spacial score (nSPS) is 19.6. The smallest absolute Gasteiger partial charge is 0.363 e. The fourth-order valence-electron chi connectivity index (χ4n) is 5.45. The molecule has 19 heteroatoms. The molecule has 0 spiro atoms. The fraction of sp³-hybridized carbons (Fsp3) is 0.345. The van der Waals surface area contributed by atoms with Crippen LogP contribution in [-0.4, -0.2) is 129 Å². The van der Waals surface area contributed by atoms with Crippen LogP contribution in [0.2, 0.25) is 0 Å². The summed E-state index contributed by atoms with van der Waals surface area (Å²) in [7, 11) is -4.90. The van der Waals surface area contributed by atoms with E-state index >= 15 is 4.39 Å². The maximum absolute atomic E-state index is 15.3. The third-order valence-corrected chi connectivity index (χ3v) is 9.97. The van der Waals surface area contributed by atoms with E-state index in [4.69, 9.17) is 4.74 Å². The van der Waals surface area contributed by atoms with E-state index < -0.39 is 62.9 Å². The number of carboxylic acids is 1. The molecule has 2 atom stereocenters. The van der Waals surface area contributed by atoms with Crippen LogP contribution in [-0.2, 0) is 19.9 Å². The Labute approximate surface area is 299 Å². The van der Waals surface area contributed by atoms with Crippen LogP contribution in [0.3, 0.4) is 0 Å². The van der Waals surface area contributed by atoms with Crippen molar-refractivity contribution in [1.82, 2.24) is 19.2 Å². The number of β-lactam (4-membered cyclic amide) rings is 1. The van der Waals surface area contributed by atoms with Crippen molar-refractivity contribution in [3.63, 3.8) is 0 Å². The summed E-state index contributed by atoms with van der Waals surface area (Å²) in [5, 5.41) is 16.7. The molecule has 1 radical (unpaired) electrons. The Morgan fingerprint density at radius 1 is 1.10 bits per heavy atom. The van der Waals surface area contributed by atoms with Gasteiger partial charge in [0.25, 0.3) is 11.8 Å². The second-order valence-electron chi connectivity index (χ2n) is 11.1. The number of rotatable bonds is 11. The zero-order valence-electron chi connectivity index (χ0n) is 25.6. The van der Waals surface area contributed by atoms with Crippen molar-refractivity contribution in [2.75, 3.05) is 37.7 Å². The van der Waals surface area contributed by atoms with Crippen molar-refractivity contribution < 1.29 is 41.6 Å². The molecule has 0 bridgehead atoms. The average molecular weight is 712 g/mol. The molecule has 249 valence electrons. The van der Waals surface area contributed by atoms with Gasteiger partial charge in [-0.1, -0.05) is 30.0 Å². The van der Waals surface area contributed by atoms with Crippen molar-refractivity contribution in [3.8, 4) is 5.75 Å². The third-order valence-electron chi connectivity index (χ3n) is 7.96. The van der Waals surface area contributed by atoms with Crippen LogP contribution in [0.15, 0.2) is 58.6 Å². The molecule has 1 saturated carbocycles. The number of carbonyl (C=O) groups is 3. The fourth-order valence-corrected chi connectivity index (χ4v) is 7.52. The van der Waals surface area contributed by atoms with Crippen molar-refractivity contribution in [1.29, 1.82) is 0 Å². The number of ether oxygens (including phenoxy) is 1. The van der Waals surface area contributed by atoms with E-state index in [0.717, 1.165) is 30.7 Å². The molecule has 3 N–H and O–H groups in total. The summed E-state index contributed by atoms with van der Waals surface area (Å²) in [4.78, 5) is 51.1. The predicted octanol–water partition coefficient (Wildman–Crippen LogP) is 1.13. The summed E-state index contributed by atoms with van der Waals surface area (Å²) in [5.41, 5.74) is 0.879. The number of hydrazone groups is 1. The number of hydrogen-bond donors (Lipinski definition) is 3. The standard InChI is InChI=1S/C29H29FN6O9S2.Na/c30-21-12-19-22(35(17-6-7-17)14-20(26(19)38)29(40)41)13-23(21)33-8-10-34(11-9-33)31-16-46-28-25(27(39)36(28)47(42,43)44)32-24(37)15-45-18-4-2-1-3-5-18;/h1-5,12-14,16-17,25,28H,6-11,15H2,(H,32,37)(H,40,41)(H,42,43,44);/t25-,28?;/m0./s1. The molecule has 3 fully saturated rings. The number of piperazine rings is 1. The van der Waals surface area contributed by atoms with Crippen LogP contribution < -0.4 is 20.4 Å². The van der Waals surface area contributed by atoms with Gasteiger partial charge in [-0.15, -0.1) is 0 Å². The number of benzene rings is 2. The Morgan fingerprint density at radius 3 is 2.42 bits per heavy atom. The Kier molecular flexibility index (Phi) is 10.7. The topological polar surface area (TPSA) is 191 Å². The third kappa shape index (κ3) is 7.47. The average Bonchev–Trinajstić information content (AvgIpc) is 3.88. The molecule has 6 rings (SSSR count). The first kappa shape index (κ1) is 35.6. The molecular weight excluding hydrogens is 682 g/mol. The molecule has 3 aromatic rings. The number of amides is 2. The van der Waals surface area contributed by atoms with Gasteiger partial charge in [-0.3, -0.25) is 23.9 Å². The van der Waals surface area contributed by atoms with E-state index in [0.29, 0.717) is 37.4 Å². The quantitative estimate of drug-likeness (QED) is 0.0846. The molecule has 1 aliphatic carbocycles. The molecule has 15 nitrogen and oxygen atoms in total. The maximum atomic E-state index is 15.3. The summed E-state index contributed by atoms with van der Waals surface area (Å²) in [5.74, 6) is -3.28. The number of carbonyl (C=O) groups excluding carboxylic acids is 2. The second kappa shape index (κ2) is 14.4. The molecule has 2 aromatic carbocycles. The van der Waals surface area contributed by atoms with E-state index in [9.17, 15) is 37.3 Å². The molecule has 3 heterocycles. The zero-order chi connectivity index (χ0) is 33.5. The monoisotopic (exact) mass is 711 g/mol. The zero-order valence-corrected chi connectivity index (χ0v) is 29.2. The molecule has 2 amide bonds. The van der Waals surface area contributed by atoms with Crippen LogP contribution in [0.1, 0.15) is 29.2 Å². The minimum absolute atomic E-state index is 0. The van der Waals surface area contributed by atoms with Gasteiger partial charge in [0.1, 0.15) is 28.5 Å². The van der Waals surface area contributed by atoms with E-state index in [1.165, 1.54) is 11.7 Å². The number of pyridine rings is 1. The maximum Gasteiger partial charge on any atom is 0.363 e. The summed E-state index contributed by atoms with van der Waals surface area (Å²) in [6.07, 6.45) is 2.97. The van der Waals surface area contributed by atoms with Crippen LogP contribution in [0.25, 0.3) is 10.9 Å². The van der Waals surface area contributed by atoms with Gasteiger partial charge in [0, 0.05) is 60.3 Å². The largest absolute Gasteiger partial charge is 0.484 e. The molecule has 1 aromatic heterocycles. The minimum atomic E-state index is -4.90. The molecule has 48 heavy (non-hydrogen) atoms. The second-order valence-corrected chi connectivity index (χ2v) is 13.3. The van der Waals surface area contributed by atoms with Gasteiger partial charge in [0.2, 0.25) is 5.43 Å². The first-order chi connectivity index (χ1) is 22.4. The summed E-state index contributed by atoms with van der Waals surface area (Å²) < 4.78 is 55.8. The minimum Gasteiger partial charge on any atom is -0.484 e. The number of halogens is 1. The predicted molar refractivity (Wildman–Crippen MR) is 175 cm³/mol. The Bertz CT molecular complexity index is 1940. The van der Waals surface area contributed by atoms with Crippen molar-refractivity contribution in [3.05, 3.63) is 70.3 Å². The Balaban J connectivity index is 0.00000451. The molecule has 3 aliphatic rings. The van der Waals surface area contributed by atoms with E-state index in [1.54, 1.807) is 50.9 Å². The van der Waals surface area contributed by atoms with Gasteiger partial charge in [0.15, 0.2) is 6.61 Å². The van der Waals surface area contributed by atoms with Crippen molar-refractivity contribution in [2.24, 2.45) is 5.10 Å². The van der Waals surface area contributed by atoms with Gasteiger partial charge in [-0.2, -0.15) is 17.8 Å². The number of para-hydroxylation sites is 1. The molecule has 2 saturated heterocycles. The van der Waals surface area contributed by atoms with Crippen molar-refractivity contribution in [2.45, 2.75) is 30.3 Å². The van der Waals surface area contributed by atoms with E-state index in [-0.39, 0.29) is 51.0 Å². The van der Waals surface area contributed by atoms with Gasteiger partial charge < -0.3 is 24.6 Å². The van der Waals surface area contributed by atoms with Gasteiger partial charge >= 0.3 is 16.3 Å². The summed E-state index contributed by atoms with van der Waals surface area (Å²) >= 11 is 0.805. The molecule has 1 unspecified atom stereocenters. The number of nitrogens with zero attached hydrogens (tertiary/aromatic N) is 5. The van der Waals surface area contributed by atoms with Crippen LogP contribution in [0.5, 0.6) is 5.75 Å². The molecular formula is C29H29FN6NaO9S2. The molecule has 2 aliphatic heterocycles. The summed E-state index contributed by atoms with van der Waals surface area (Å²) in [6.45, 7) is 0.930. The summed E-state index contributed by atoms with van der Waals surface area (Å²) in [6, 6.07) is 9.92. The number of hydrogen-bond acceptors (Lipinski definition) is 11. The number of aromatic nitrogens is 1. The van der Waals surface area contributed by atoms with Crippen LogP contribution in [0, 0.1) is 5.82 Å². The van der Waals surface area contributed by atoms with E-state index in [1.807, 2.05) is 0 Å². The first-order valence-electron chi connectivity index (χ1n) is 14.5. The van der Waals surface area contributed by atoms with E-state index in [2.05, 4.69) is 10.4 Å². The van der Waals surface area contributed by atoms with Crippen LogP contribution in [0.4, 0.5) is 10.1 Å². The number of aromatic carboxylic acids is 1. The van der Waals surface area contributed by atoms with Crippen LogP contribution >= 0.6 is 11.8 Å². The number of carboxylic acid groups (broad SMARTS) is 1. The van der Waals surface area contributed by atoms with Gasteiger partial charge in [0.05, 0.1) is 29.8 Å². The van der Waals surface area contributed by atoms with Gasteiger partial charge in [-0.25, -0.2) is 9.18 Å². The van der Waals surface area contributed by atoms with Gasteiger partial charge in [-0.05, 0) is 37.1 Å². The number of anilines is 1. The number of fused-ring (bicyclic) bond motifs is 1. The first-order valence-corrected chi connectivity index (χ1v) is 16.8. The van der Waals surface area contributed by atoms with Crippen molar-refractivity contribution >= 4 is 91.5 Å². The SMILES string of the molecule is O=C(COc1ccccc1)N[C@H]1C(=O)N(S(=O)(=O)O)C1SC=NN1CCN(c2cc3c(cc2F)c(=O)c(C(=O)O)cn3C2CC2)CC1.[Na]. The number of nitrogens with one attached hydrogen (secondary N) is 1. The Hall–Kier alpha value is -3.68.